The molecule has 1 aliphatic heterocycles. The minimum Gasteiger partial charge on any atom is -0.507 e. The number of rotatable bonds is 7. The van der Waals surface area contributed by atoms with Crippen molar-refractivity contribution in [3.8, 4) is 5.75 Å². The first-order chi connectivity index (χ1) is 18.9. The van der Waals surface area contributed by atoms with Gasteiger partial charge in [0, 0.05) is 18.9 Å². The normalized spacial score (nSPS) is 16.9. The molecule has 3 aromatic rings. The van der Waals surface area contributed by atoms with E-state index in [4.69, 9.17) is 9.47 Å². The Kier molecular flexibility index (Phi) is 8.09. The molecule has 1 N–H and O–H groups in total. The lowest BCUT2D eigenvalue weighted by Crippen LogP contribution is -2.29. The molecule has 1 unspecified atom stereocenters. The summed E-state index contributed by atoms with van der Waals surface area (Å²) in [5.41, 5.74) is 2.64. The molecule has 0 spiro atoms. The Balaban J connectivity index is 1.80. The minimum absolute atomic E-state index is 0.0421. The number of amides is 1. The topological polar surface area (TPSA) is 106 Å². The van der Waals surface area contributed by atoms with Gasteiger partial charge >= 0.3 is 5.97 Å². The van der Waals surface area contributed by atoms with Crippen LogP contribution in [-0.4, -0.2) is 45.9 Å². The average molecular weight is 543 g/mol. The molecule has 208 valence electrons. The molecule has 1 aliphatic rings. The minimum atomic E-state index is -0.887. The standard InChI is InChI=1S/C32H34N2O6/c1-19(2)40-31(38)21-11-9-20(10-12-21)18-34-27(22-8-7-15-33-17-22)26(29(36)30(34)37)28(35)24-16-23(32(3,4)5)13-14-25(24)39-6/h7-17,19,27,35H,18H2,1-6H3/b28-26+. The number of methoxy groups -OCH3 is 1. The van der Waals surface area contributed by atoms with Crippen LogP contribution in [0.5, 0.6) is 5.75 Å². The summed E-state index contributed by atoms with van der Waals surface area (Å²) >= 11 is 0. The van der Waals surface area contributed by atoms with Crippen molar-refractivity contribution in [3.05, 3.63) is 100 Å². The summed E-state index contributed by atoms with van der Waals surface area (Å²) in [6.45, 7) is 9.75. The van der Waals surface area contributed by atoms with Gasteiger partial charge in [0.2, 0.25) is 0 Å². The van der Waals surface area contributed by atoms with E-state index in [9.17, 15) is 19.5 Å². The van der Waals surface area contributed by atoms with Crippen molar-refractivity contribution in [2.24, 2.45) is 0 Å². The maximum atomic E-state index is 13.5. The highest BCUT2D eigenvalue weighted by molar-refractivity contribution is 6.46. The highest BCUT2D eigenvalue weighted by Crippen LogP contribution is 2.42. The van der Waals surface area contributed by atoms with Crippen LogP contribution in [0.15, 0.2) is 72.6 Å². The van der Waals surface area contributed by atoms with Crippen molar-refractivity contribution in [1.29, 1.82) is 0 Å². The summed E-state index contributed by atoms with van der Waals surface area (Å²) in [6, 6.07) is 14.7. The number of hydrogen-bond acceptors (Lipinski definition) is 7. The number of pyridine rings is 1. The van der Waals surface area contributed by atoms with Crippen LogP contribution in [0.2, 0.25) is 0 Å². The summed E-state index contributed by atoms with van der Waals surface area (Å²) in [4.78, 5) is 44.8. The summed E-state index contributed by atoms with van der Waals surface area (Å²) in [7, 11) is 1.49. The van der Waals surface area contributed by atoms with E-state index in [0.717, 1.165) is 5.56 Å². The average Bonchev–Trinajstić information content (AvgIpc) is 3.17. The number of aliphatic hydroxyl groups is 1. The number of likely N-dealkylation sites (tertiary alicyclic amines) is 1. The van der Waals surface area contributed by atoms with Gasteiger partial charge in [-0.3, -0.25) is 14.6 Å². The SMILES string of the molecule is COc1ccc(C(C)(C)C)cc1/C(O)=C1\C(=O)C(=O)N(Cc2ccc(C(=O)OC(C)C)cc2)C1c1cccnc1. The van der Waals surface area contributed by atoms with Gasteiger partial charge in [0.25, 0.3) is 11.7 Å². The zero-order valence-electron chi connectivity index (χ0n) is 23.6. The quantitative estimate of drug-likeness (QED) is 0.180. The van der Waals surface area contributed by atoms with E-state index in [2.05, 4.69) is 4.98 Å². The largest absolute Gasteiger partial charge is 0.507 e. The second-order valence-electron chi connectivity index (χ2n) is 11.0. The molecular formula is C32H34N2O6. The first-order valence-electron chi connectivity index (χ1n) is 13.1. The molecule has 8 heteroatoms. The van der Waals surface area contributed by atoms with Gasteiger partial charge in [-0.2, -0.15) is 0 Å². The number of ether oxygens (including phenoxy) is 2. The third-order valence-electron chi connectivity index (χ3n) is 6.75. The highest BCUT2D eigenvalue weighted by atomic mass is 16.5. The predicted octanol–water partition coefficient (Wildman–Crippen LogP) is 5.57. The van der Waals surface area contributed by atoms with Crippen molar-refractivity contribution < 1.29 is 29.0 Å². The van der Waals surface area contributed by atoms with Crippen LogP contribution < -0.4 is 4.74 Å². The van der Waals surface area contributed by atoms with E-state index in [1.807, 2.05) is 26.8 Å². The maximum absolute atomic E-state index is 13.5. The number of benzene rings is 2. The molecule has 1 atom stereocenters. The van der Waals surface area contributed by atoms with Crippen molar-refractivity contribution in [2.45, 2.75) is 58.7 Å². The molecular weight excluding hydrogens is 508 g/mol. The predicted molar refractivity (Wildman–Crippen MR) is 151 cm³/mol. The Labute approximate surface area is 234 Å². The third kappa shape index (κ3) is 5.76. The lowest BCUT2D eigenvalue weighted by atomic mass is 9.85. The molecule has 8 nitrogen and oxygen atoms in total. The highest BCUT2D eigenvalue weighted by Gasteiger charge is 2.46. The van der Waals surface area contributed by atoms with Crippen molar-refractivity contribution in [2.75, 3.05) is 7.11 Å². The number of Topliss-reactive ketones (excluding diaryl/α,β-unsaturated/α-hetero) is 1. The van der Waals surface area contributed by atoms with Gasteiger partial charge in [-0.15, -0.1) is 0 Å². The van der Waals surface area contributed by atoms with E-state index in [1.54, 1.807) is 74.8 Å². The molecule has 1 fully saturated rings. The summed E-state index contributed by atoms with van der Waals surface area (Å²) in [6.07, 6.45) is 2.92. The van der Waals surface area contributed by atoms with Crippen LogP contribution in [0.3, 0.4) is 0 Å². The maximum Gasteiger partial charge on any atom is 0.338 e. The molecule has 2 heterocycles. The van der Waals surface area contributed by atoms with Gasteiger partial charge in [-0.1, -0.05) is 45.0 Å². The Hall–Kier alpha value is -4.46. The van der Waals surface area contributed by atoms with Gasteiger partial charge < -0.3 is 19.5 Å². The van der Waals surface area contributed by atoms with Crippen molar-refractivity contribution in [1.82, 2.24) is 9.88 Å². The van der Waals surface area contributed by atoms with E-state index < -0.39 is 23.7 Å². The second-order valence-corrected chi connectivity index (χ2v) is 11.0. The lowest BCUT2D eigenvalue weighted by molar-refractivity contribution is -0.140. The van der Waals surface area contributed by atoms with E-state index in [1.165, 1.54) is 12.0 Å². The zero-order chi connectivity index (χ0) is 29.2. The number of nitrogens with zero attached hydrogens (tertiary/aromatic N) is 2. The van der Waals surface area contributed by atoms with Crippen LogP contribution in [0.25, 0.3) is 5.76 Å². The van der Waals surface area contributed by atoms with Crippen molar-refractivity contribution >= 4 is 23.4 Å². The monoisotopic (exact) mass is 542 g/mol. The van der Waals surface area contributed by atoms with Gasteiger partial charge in [0.15, 0.2) is 0 Å². The molecule has 40 heavy (non-hydrogen) atoms. The van der Waals surface area contributed by atoms with Crippen LogP contribution in [0.1, 0.15) is 73.3 Å². The smallest absolute Gasteiger partial charge is 0.338 e. The third-order valence-corrected chi connectivity index (χ3v) is 6.75. The van der Waals surface area contributed by atoms with Crippen LogP contribution in [0, 0.1) is 0 Å². The summed E-state index contributed by atoms with van der Waals surface area (Å²) in [5, 5.41) is 11.6. The van der Waals surface area contributed by atoms with E-state index in [0.29, 0.717) is 28.0 Å². The molecule has 0 aliphatic carbocycles. The number of hydrogen-bond donors (Lipinski definition) is 1. The second kappa shape index (κ2) is 11.3. The fourth-order valence-electron chi connectivity index (χ4n) is 4.66. The van der Waals surface area contributed by atoms with Gasteiger partial charge in [-0.25, -0.2) is 4.79 Å². The molecule has 0 saturated carbocycles. The van der Waals surface area contributed by atoms with E-state index in [-0.39, 0.29) is 29.4 Å². The number of ketones is 1. The van der Waals surface area contributed by atoms with Gasteiger partial charge in [-0.05, 0) is 66.3 Å². The fourth-order valence-corrected chi connectivity index (χ4v) is 4.66. The van der Waals surface area contributed by atoms with Crippen LogP contribution in [-0.2, 0) is 26.3 Å². The van der Waals surface area contributed by atoms with Gasteiger partial charge in [0.1, 0.15) is 11.5 Å². The molecule has 2 aromatic carbocycles. The lowest BCUT2D eigenvalue weighted by Gasteiger charge is -2.26. The molecule has 0 radical (unpaired) electrons. The zero-order valence-corrected chi connectivity index (χ0v) is 23.6. The first-order valence-corrected chi connectivity index (χ1v) is 13.1. The number of carbonyl (C=O) groups is 3. The molecule has 0 bridgehead atoms. The fraction of sp³-hybridized carbons (Fsp3) is 0.312. The number of esters is 1. The summed E-state index contributed by atoms with van der Waals surface area (Å²) < 4.78 is 10.8. The molecule has 4 rings (SSSR count). The number of carbonyl (C=O) groups excluding carboxylic acids is 3. The van der Waals surface area contributed by atoms with Crippen LogP contribution in [0.4, 0.5) is 0 Å². The molecule has 1 amide bonds. The van der Waals surface area contributed by atoms with Crippen LogP contribution >= 0.6 is 0 Å². The number of aliphatic hydroxyl groups excluding tert-OH is 1. The van der Waals surface area contributed by atoms with E-state index >= 15 is 0 Å². The molecule has 1 aromatic heterocycles. The Morgan fingerprint density at radius 3 is 2.35 bits per heavy atom. The Morgan fingerprint density at radius 1 is 1.07 bits per heavy atom. The Bertz CT molecular complexity index is 1450. The molecule has 1 saturated heterocycles. The van der Waals surface area contributed by atoms with Crippen molar-refractivity contribution in [3.63, 3.8) is 0 Å². The Morgan fingerprint density at radius 2 is 1.77 bits per heavy atom. The first kappa shape index (κ1) is 28.5. The summed E-state index contributed by atoms with van der Waals surface area (Å²) in [5.74, 6) is -1.92. The van der Waals surface area contributed by atoms with Gasteiger partial charge in [0.05, 0.1) is 36.0 Å². The number of aromatic nitrogens is 1.